The molecule has 0 fully saturated rings. The Balaban J connectivity index is 2.22. The van der Waals surface area contributed by atoms with Crippen molar-refractivity contribution in [1.82, 2.24) is 4.57 Å². The maximum atomic E-state index is 12.2. The molecule has 0 saturated heterocycles. The largest absolute Gasteiger partial charge is 0.480 e. The van der Waals surface area contributed by atoms with Crippen molar-refractivity contribution in [2.75, 3.05) is 5.32 Å². The molecular weight excluding hydrogens is 348 g/mol. The summed E-state index contributed by atoms with van der Waals surface area (Å²) in [5.41, 5.74) is 0.782. The number of hydrogen-bond donors (Lipinski definition) is 2. The Bertz CT molecular complexity index is 669. The monoisotopic (exact) mass is 356 g/mol. The predicted molar refractivity (Wildman–Crippen MR) is 79.2 cm³/mol. The molecule has 2 rings (SSSR count). The number of aromatic nitrogens is 1. The molecule has 0 aliphatic heterocycles. The highest BCUT2D eigenvalue weighted by atomic mass is 79.9. The van der Waals surface area contributed by atoms with Gasteiger partial charge in [-0.05, 0) is 40.2 Å². The van der Waals surface area contributed by atoms with E-state index in [-0.39, 0.29) is 12.2 Å². The third kappa shape index (κ3) is 3.20. The van der Waals surface area contributed by atoms with E-state index >= 15 is 0 Å². The summed E-state index contributed by atoms with van der Waals surface area (Å²) in [6.45, 7) is -0.271. The van der Waals surface area contributed by atoms with Crippen molar-refractivity contribution < 1.29 is 14.7 Å². The van der Waals surface area contributed by atoms with Crippen LogP contribution in [0.5, 0.6) is 0 Å². The molecular formula is C13H10BrClN2O3. The maximum Gasteiger partial charge on any atom is 0.323 e. The van der Waals surface area contributed by atoms with E-state index in [0.717, 1.165) is 0 Å². The Hall–Kier alpha value is -1.79. The number of carbonyl (C=O) groups is 2. The maximum absolute atomic E-state index is 12.2. The quantitative estimate of drug-likeness (QED) is 0.882. The van der Waals surface area contributed by atoms with Crippen LogP contribution in [-0.4, -0.2) is 21.6 Å². The first-order valence-electron chi connectivity index (χ1n) is 5.61. The molecule has 0 spiro atoms. The lowest BCUT2D eigenvalue weighted by atomic mass is 10.3. The van der Waals surface area contributed by atoms with Gasteiger partial charge in [0.05, 0.1) is 15.2 Å². The lowest BCUT2D eigenvalue weighted by molar-refractivity contribution is -0.137. The molecule has 104 valence electrons. The van der Waals surface area contributed by atoms with E-state index in [1.54, 1.807) is 30.3 Å². The highest BCUT2D eigenvalue weighted by Gasteiger charge is 2.14. The highest BCUT2D eigenvalue weighted by molar-refractivity contribution is 9.10. The first-order valence-corrected chi connectivity index (χ1v) is 6.78. The first-order chi connectivity index (χ1) is 9.49. The zero-order valence-electron chi connectivity index (χ0n) is 10.1. The molecule has 1 aromatic carbocycles. The summed E-state index contributed by atoms with van der Waals surface area (Å²) in [6.07, 6.45) is 1.54. The summed E-state index contributed by atoms with van der Waals surface area (Å²) in [6, 6.07) is 8.26. The lowest BCUT2D eigenvalue weighted by Crippen LogP contribution is -2.19. The van der Waals surface area contributed by atoms with Gasteiger partial charge in [-0.3, -0.25) is 9.59 Å². The molecule has 0 bridgehead atoms. The molecule has 0 saturated carbocycles. The summed E-state index contributed by atoms with van der Waals surface area (Å²) >= 11 is 9.22. The molecule has 0 radical (unpaired) electrons. The van der Waals surface area contributed by atoms with Crippen molar-refractivity contribution in [1.29, 1.82) is 0 Å². The van der Waals surface area contributed by atoms with Gasteiger partial charge in [0.25, 0.3) is 5.91 Å². The van der Waals surface area contributed by atoms with E-state index < -0.39 is 11.9 Å². The smallest absolute Gasteiger partial charge is 0.323 e. The number of anilines is 1. The molecule has 1 aromatic heterocycles. The summed E-state index contributed by atoms with van der Waals surface area (Å²) in [5, 5.41) is 11.9. The van der Waals surface area contributed by atoms with Crippen LogP contribution in [0, 0.1) is 0 Å². The number of amides is 1. The topological polar surface area (TPSA) is 71.3 Å². The van der Waals surface area contributed by atoms with Gasteiger partial charge in [-0.1, -0.05) is 17.7 Å². The van der Waals surface area contributed by atoms with Crippen LogP contribution in [0.25, 0.3) is 0 Å². The van der Waals surface area contributed by atoms with Gasteiger partial charge in [0.1, 0.15) is 12.2 Å². The number of halogens is 2. The van der Waals surface area contributed by atoms with E-state index in [4.69, 9.17) is 16.7 Å². The second-order valence-electron chi connectivity index (χ2n) is 3.97. The number of carbonyl (C=O) groups excluding carboxylic acids is 1. The molecule has 2 aromatic rings. The number of rotatable bonds is 4. The zero-order valence-corrected chi connectivity index (χ0v) is 12.5. The van der Waals surface area contributed by atoms with Gasteiger partial charge < -0.3 is 15.0 Å². The van der Waals surface area contributed by atoms with Crippen molar-refractivity contribution in [3.8, 4) is 0 Å². The third-order valence-electron chi connectivity index (χ3n) is 2.57. The number of nitrogens with one attached hydrogen (secondary N) is 1. The number of carboxylic acid groups (broad SMARTS) is 1. The number of nitrogens with zero attached hydrogens (tertiary/aromatic N) is 1. The summed E-state index contributed by atoms with van der Waals surface area (Å²) in [7, 11) is 0. The van der Waals surface area contributed by atoms with Crippen LogP contribution in [0.3, 0.4) is 0 Å². The summed E-state index contributed by atoms with van der Waals surface area (Å²) in [4.78, 5) is 22.9. The fourth-order valence-corrected chi connectivity index (χ4v) is 2.23. The fourth-order valence-electron chi connectivity index (χ4n) is 1.69. The Morgan fingerprint density at radius 2 is 2.05 bits per heavy atom. The van der Waals surface area contributed by atoms with E-state index in [1.165, 1.54) is 10.8 Å². The summed E-state index contributed by atoms with van der Waals surface area (Å²) < 4.78 is 1.93. The standard InChI is InChI=1S/C13H10BrClN2O3/c14-12-8(15)3-1-4-9(12)16-13(20)10-5-2-6-17(10)7-11(18)19/h1-6H,7H2,(H,16,20)(H,18,19). The van der Waals surface area contributed by atoms with Crippen LogP contribution in [0.15, 0.2) is 41.0 Å². The number of aliphatic carboxylic acids is 1. The Morgan fingerprint density at radius 1 is 1.30 bits per heavy atom. The van der Waals surface area contributed by atoms with Crippen molar-refractivity contribution >= 4 is 45.1 Å². The van der Waals surface area contributed by atoms with Crippen LogP contribution < -0.4 is 5.32 Å². The molecule has 1 heterocycles. The molecule has 7 heteroatoms. The Labute approximate surface area is 128 Å². The Morgan fingerprint density at radius 3 is 2.75 bits per heavy atom. The van der Waals surface area contributed by atoms with E-state index in [1.807, 2.05) is 0 Å². The number of carboxylic acids is 1. The van der Waals surface area contributed by atoms with Crippen molar-refractivity contribution in [2.45, 2.75) is 6.54 Å². The third-order valence-corrected chi connectivity index (χ3v) is 3.97. The number of benzene rings is 1. The average molecular weight is 358 g/mol. The van der Waals surface area contributed by atoms with Crippen LogP contribution in [0.4, 0.5) is 5.69 Å². The Kier molecular flexibility index (Phi) is 4.46. The second-order valence-corrected chi connectivity index (χ2v) is 5.17. The summed E-state index contributed by atoms with van der Waals surface area (Å²) in [5.74, 6) is -1.42. The van der Waals surface area contributed by atoms with Gasteiger partial charge in [-0.25, -0.2) is 0 Å². The van der Waals surface area contributed by atoms with E-state index in [2.05, 4.69) is 21.2 Å². The number of hydrogen-bond acceptors (Lipinski definition) is 2. The van der Waals surface area contributed by atoms with E-state index in [0.29, 0.717) is 15.2 Å². The molecule has 0 aliphatic carbocycles. The van der Waals surface area contributed by atoms with Crippen molar-refractivity contribution in [3.63, 3.8) is 0 Å². The predicted octanol–water partition coefficient (Wildman–Crippen LogP) is 3.24. The normalized spacial score (nSPS) is 10.3. The zero-order chi connectivity index (χ0) is 14.7. The molecule has 2 N–H and O–H groups in total. The van der Waals surface area contributed by atoms with Gasteiger partial charge in [-0.15, -0.1) is 0 Å². The highest BCUT2D eigenvalue weighted by Crippen LogP contribution is 2.30. The SMILES string of the molecule is O=C(O)Cn1cccc1C(=O)Nc1cccc(Cl)c1Br. The minimum Gasteiger partial charge on any atom is -0.480 e. The van der Waals surface area contributed by atoms with Gasteiger partial charge >= 0.3 is 5.97 Å². The van der Waals surface area contributed by atoms with Gasteiger partial charge in [0, 0.05) is 6.20 Å². The van der Waals surface area contributed by atoms with Crippen LogP contribution in [0.2, 0.25) is 5.02 Å². The molecule has 5 nitrogen and oxygen atoms in total. The fraction of sp³-hybridized carbons (Fsp3) is 0.0769. The molecule has 20 heavy (non-hydrogen) atoms. The van der Waals surface area contributed by atoms with Crippen molar-refractivity contribution in [2.24, 2.45) is 0 Å². The lowest BCUT2D eigenvalue weighted by Gasteiger charge is -2.10. The molecule has 0 unspecified atom stereocenters. The van der Waals surface area contributed by atoms with Crippen LogP contribution in [-0.2, 0) is 11.3 Å². The first kappa shape index (κ1) is 14.6. The average Bonchev–Trinajstić information content (AvgIpc) is 2.82. The molecule has 0 aliphatic rings. The van der Waals surface area contributed by atoms with Crippen LogP contribution >= 0.6 is 27.5 Å². The van der Waals surface area contributed by atoms with Crippen molar-refractivity contribution in [3.05, 3.63) is 51.7 Å². The van der Waals surface area contributed by atoms with Gasteiger partial charge in [0.15, 0.2) is 0 Å². The minimum atomic E-state index is -1.01. The molecule has 1 amide bonds. The van der Waals surface area contributed by atoms with E-state index in [9.17, 15) is 9.59 Å². The van der Waals surface area contributed by atoms with Gasteiger partial charge in [0.2, 0.25) is 0 Å². The minimum absolute atomic E-state index is 0.263. The van der Waals surface area contributed by atoms with Gasteiger partial charge in [-0.2, -0.15) is 0 Å². The molecule has 0 atom stereocenters. The second kappa shape index (κ2) is 6.11. The van der Waals surface area contributed by atoms with Crippen LogP contribution in [0.1, 0.15) is 10.5 Å².